The van der Waals surface area contributed by atoms with Gasteiger partial charge in [-0.25, -0.2) is 4.98 Å². The Bertz CT molecular complexity index is 698. The van der Waals surface area contributed by atoms with Gasteiger partial charge in [-0.05, 0) is 32.1 Å². The van der Waals surface area contributed by atoms with Gasteiger partial charge in [0.15, 0.2) is 11.5 Å². The molecule has 0 radical (unpaired) electrons. The zero-order chi connectivity index (χ0) is 15.1. The molecule has 4 rings (SSSR count). The number of aromatic nitrogens is 2. The Morgan fingerprint density at radius 2 is 2.23 bits per heavy atom. The van der Waals surface area contributed by atoms with Crippen LogP contribution in [0.25, 0.3) is 11.4 Å². The van der Waals surface area contributed by atoms with Crippen LogP contribution in [0.15, 0.2) is 24.5 Å². The molecule has 6 heteroatoms. The number of hydrogen-bond donors (Lipinski definition) is 0. The lowest BCUT2D eigenvalue weighted by molar-refractivity contribution is 0.171. The zero-order valence-corrected chi connectivity index (χ0v) is 12.8. The molecule has 1 aromatic heterocycles. The molecule has 1 aromatic carbocycles. The first-order valence-electron chi connectivity index (χ1n) is 7.45. The normalized spacial score (nSPS) is 20.5. The third-order valence-corrected chi connectivity index (χ3v) is 4.35. The van der Waals surface area contributed by atoms with Crippen molar-refractivity contribution >= 4 is 0 Å². The van der Waals surface area contributed by atoms with Crippen LogP contribution in [0.2, 0.25) is 0 Å². The van der Waals surface area contributed by atoms with Crippen molar-refractivity contribution < 1.29 is 14.2 Å². The van der Waals surface area contributed by atoms with Gasteiger partial charge in [0.2, 0.25) is 12.5 Å². The van der Waals surface area contributed by atoms with Crippen molar-refractivity contribution in [3.05, 3.63) is 24.5 Å². The summed E-state index contributed by atoms with van der Waals surface area (Å²) in [5, 5.41) is 0. The van der Waals surface area contributed by atoms with E-state index in [1.54, 1.807) is 7.11 Å². The third-order valence-electron chi connectivity index (χ3n) is 4.35. The van der Waals surface area contributed by atoms with Crippen LogP contribution in [0.4, 0.5) is 0 Å². The summed E-state index contributed by atoms with van der Waals surface area (Å²) in [6.45, 7) is 2.40. The predicted molar refractivity (Wildman–Crippen MR) is 81.5 cm³/mol. The van der Waals surface area contributed by atoms with Crippen LogP contribution in [0.3, 0.4) is 0 Å². The van der Waals surface area contributed by atoms with E-state index in [9.17, 15) is 0 Å². The maximum atomic E-state index is 5.51. The van der Waals surface area contributed by atoms with E-state index in [1.807, 2.05) is 18.3 Å². The number of likely N-dealkylation sites (N-methyl/N-ethyl adjacent to an activating group) is 1. The minimum absolute atomic E-state index is 0.233. The molecule has 0 bridgehead atoms. The van der Waals surface area contributed by atoms with Gasteiger partial charge < -0.3 is 23.7 Å². The number of fused-ring (bicyclic) bond motifs is 1. The van der Waals surface area contributed by atoms with E-state index in [2.05, 4.69) is 27.7 Å². The van der Waals surface area contributed by atoms with E-state index >= 15 is 0 Å². The lowest BCUT2D eigenvalue weighted by atomic mass is 10.1. The quantitative estimate of drug-likeness (QED) is 0.869. The van der Waals surface area contributed by atoms with Gasteiger partial charge in [0.25, 0.3) is 0 Å². The first-order valence-corrected chi connectivity index (χ1v) is 7.45. The summed E-state index contributed by atoms with van der Waals surface area (Å²) in [4.78, 5) is 6.89. The first kappa shape index (κ1) is 13.5. The smallest absolute Gasteiger partial charge is 0.231 e. The molecule has 2 aromatic rings. The molecule has 2 aliphatic heterocycles. The number of methoxy groups -OCH3 is 1. The van der Waals surface area contributed by atoms with Gasteiger partial charge in [0, 0.05) is 30.5 Å². The van der Waals surface area contributed by atoms with E-state index < -0.39 is 0 Å². The minimum atomic E-state index is 0.233. The van der Waals surface area contributed by atoms with Gasteiger partial charge in [-0.1, -0.05) is 0 Å². The second-order valence-electron chi connectivity index (χ2n) is 5.78. The minimum Gasteiger partial charge on any atom is -0.493 e. The van der Waals surface area contributed by atoms with Crippen molar-refractivity contribution in [3.8, 4) is 28.6 Å². The number of benzene rings is 1. The van der Waals surface area contributed by atoms with Gasteiger partial charge in [-0.3, -0.25) is 0 Å². The standard InChI is InChI=1S/C16H19N3O3/c1-18-5-3-12(9-18)19-6-4-17-16(19)11-7-13(20-2)15-14(8-11)21-10-22-15/h4,6-8,12H,3,5,9-10H2,1-2H3. The van der Waals surface area contributed by atoms with E-state index in [4.69, 9.17) is 14.2 Å². The van der Waals surface area contributed by atoms with Crippen molar-refractivity contribution in [3.63, 3.8) is 0 Å². The maximum absolute atomic E-state index is 5.51. The average Bonchev–Trinajstić information content (AvgIpc) is 3.24. The van der Waals surface area contributed by atoms with Crippen molar-refractivity contribution in [2.24, 2.45) is 0 Å². The van der Waals surface area contributed by atoms with Crippen LogP contribution in [0.1, 0.15) is 12.5 Å². The van der Waals surface area contributed by atoms with E-state index in [0.717, 1.165) is 30.9 Å². The number of ether oxygens (including phenoxy) is 3. The van der Waals surface area contributed by atoms with E-state index in [0.29, 0.717) is 23.3 Å². The summed E-state index contributed by atoms with van der Waals surface area (Å²) >= 11 is 0. The summed E-state index contributed by atoms with van der Waals surface area (Å²) in [5.74, 6) is 3.01. The Labute approximate surface area is 129 Å². The fourth-order valence-corrected chi connectivity index (χ4v) is 3.23. The third kappa shape index (κ3) is 2.11. The highest BCUT2D eigenvalue weighted by molar-refractivity contribution is 5.67. The lowest BCUT2D eigenvalue weighted by Gasteiger charge is -2.16. The average molecular weight is 301 g/mol. The fourth-order valence-electron chi connectivity index (χ4n) is 3.23. The topological polar surface area (TPSA) is 48.8 Å². The predicted octanol–water partition coefficient (Wildman–Crippen LogP) is 2.16. The summed E-state index contributed by atoms with van der Waals surface area (Å²) in [6, 6.07) is 4.40. The second kappa shape index (κ2) is 5.21. The lowest BCUT2D eigenvalue weighted by Crippen LogP contribution is -2.16. The summed E-state index contributed by atoms with van der Waals surface area (Å²) in [7, 11) is 3.79. The van der Waals surface area contributed by atoms with Crippen molar-refractivity contribution in [2.75, 3.05) is 34.0 Å². The summed E-state index contributed by atoms with van der Waals surface area (Å²) < 4.78 is 18.6. The van der Waals surface area contributed by atoms with Crippen LogP contribution in [-0.2, 0) is 0 Å². The molecular formula is C16H19N3O3. The summed E-state index contributed by atoms with van der Waals surface area (Å²) in [6.07, 6.45) is 5.04. The van der Waals surface area contributed by atoms with Gasteiger partial charge >= 0.3 is 0 Å². The monoisotopic (exact) mass is 301 g/mol. The van der Waals surface area contributed by atoms with Gasteiger partial charge in [-0.2, -0.15) is 0 Å². The Kier molecular flexibility index (Phi) is 3.18. The summed E-state index contributed by atoms with van der Waals surface area (Å²) in [5.41, 5.74) is 0.987. The number of rotatable bonds is 3. The Morgan fingerprint density at radius 3 is 3.00 bits per heavy atom. The number of imidazole rings is 1. The van der Waals surface area contributed by atoms with Crippen LogP contribution >= 0.6 is 0 Å². The van der Waals surface area contributed by atoms with Crippen LogP contribution in [0, 0.1) is 0 Å². The Morgan fingerprint density at radius 1 is 1.32 bits per heavy atom. The molecule has 6 nitrogen and oxygen atoms in total. The number of likely N-dealkylation sites (tertiary alicyclic amines) is 1. The van der Waals surface area contributed by atoms with Gasteiger partial charge in [0.1, 0.15) is 5.82 Å². The molecule has 1 fully saturated rings. The Hall–Kier alpha value is -2.21. The molecule has 3 heterocycles. The molecule has 0 spiro atoms. The SMILES string of the molecule is COc1cc(-c2nccn2C2CCN(C)C2)cc2c1OCO2. The van der Waals surface area contributed by atoms with Crippen molar-refractivity contribution in [1.82, 2.24) is 14.5 Å². The molecule has 1 atom stereocenters. The molecular weight excluding hydrogens is 282 g/mol. The first-order chi connectivity index (χ1) is 10.8. The molecule has 0 aliphatic carbocycles. The molecule has 0 saturated carbocycles. The zero-order valence-electron chi connectivity index (χ0n) is 12.8. The number of hydrogen-bond acceptors (Lipinski definition) is 5. The van der Waals surface area contributed by atoms with Crippen LogP contribution < -0.4 is 14.2 Å². The second-order valence-corrected chi connectivity index (χ2v) is 5.78. The maximum Gasteiger partial charge on any atom is 0.231 e. The molecule has 1 unspecified atom stereocenters. The van der Waals surface area contributed by atoms with E-state index in [-0.39, 0.29) is 6.79 Å². The fraction of sp³-hybridized carbons (Fsp3) is 0.438. The molecule has 22 heavy (non-hydrogen) atoms. The van der Waals surface area contributed by atoms with Crippen LogP contribution in [0.5, 0.6) is 17.2 Å². The highest BCUT2D eigenvalue weighted by Crippen LogP contribution is 2.44. The van der Waals surface area contributed by atoms with Gasteiger partial charge in [-0.15, -0.1) is 0 Å². The van der Waals surface area contributed by atoms with Crippen molar-refractivity contribution in [1.29, 1.82) is 0 Å². The van der Waals surface area contributed by atoms with Crippen LogP contribution in [-0.4, -0.2) is 48.5 Å². The molecule has 116 valence electrons. The largest absolute Gasteiger partial charge is 0.493 e. The molecule has 0 N–H and O–H groups in total. The van der Waals surface area contributed by atoms with E-state index in [1.165, 1.54) is 0 Å². The highest BCUT2D eigenvalue weighted by Gasteiger charge is 2.26. The highest BCUT2D eigenvalue weighted by atomic mass is 16.7. The molecule has 2 aliphatic rings. The van der Waals surface area contributed by atoms with Gasteiger partial charge in [0.05, 0.1) is 7.11 Å². The molecule has 1 saturated heterocycles. The Balaban J connectivity index is 1.75. The number of nitrogens with zero attached hydrogens (tertiary/aromatic N) is 3. The molecule has 0 amide bonds. The van der Waals surface area contributed by atoms with Crippen molar-refractivity contribution in [2.45, 2.75) is 12.5 Å².